The predicted molar refractivity (Wildman–Crippen MR) is 78.0 cm³/mol. The van der Waals surface area contributed by atoms with Crippen molar-refractivity contribution in [1.29, 1.82) is 0 Å². The molecule has 0 saturated heterocycles. The van der Waals surface area contributed by atoms with Crippen LogP contribution in [0.5, 0.6) is 0 Å². The van der Waals surface area contributed by atoms with Crippen molar-refractivity contribution >= 4 is 39.6 Å². The van der Waals surface area contributed by atoms with Crippen molar-refractivity contribution in [3.63, 3.8) is 0 Å². The molecular weight excluding hydrogens is 363 g/mol. The van der Waals surface area contributed by atoms with Crippen LogP contribution >= 0.6 is 33.9 Å². The number of hydrogen-bond acceptors (Lipinski definition) is 6. The van der Waals surface area contributed by atoms with Crippen molar-refractivity contribution in [3.05, 3.63) is 32.7 Å². The zero-order chi connectivity index (χ0) is 12.5. The zero-order valence-corrected chi connectivity index (χ0v) is 12.0. The van der Waals surface area contributed by atoms with Crippen LogP contribution in [0.4, 0.5) is 5.69 Å². The number of benzene rings is 1. The molecule has 0 aliphatic rings. The first-order valence-electron chi connectivity index (χ1n) is 5.01. The monoisotopic (exact) mass is 370 g/mol. The van der Waals surface area contributed by atoms with Crippen molar-refractivity contribution < 1.29 is 4.52 Å². The van der Waals surface area contributed by atoms with Gasteiger partial charge in [-0.2, -0.15) is 4.98 Å². The van der Waals surface area contributed by atoms with E-state index in [0.29, 0.717) is 23.1 Å². The summed E-state index contributed by atoms with van der Waals surface area (Å²) in [6.07, 6.45) is 0. The number of hydrogen-bond donors (Lipinski definition) is 1. The lowest BCUT2D eigenvalue weighted by atomic mass is 10.2. The van der Waals surface area contributed by atoms with E-state index in [-0.39, 0.29) is 0 Å². The number of halogens is 1. The van der Waals surface area contributed by atoms with Crippen LogP contribution in [0, 0.1) is 3.57 Å². The molecule has 0 spiro atoms. The molecule has 5 nitrogen and oxygen atoms in total. The minimum Gasteiger partial charge on any atom is -0.399 e. The number of nitrogen functional groups attached to an aromatic ring is 1. The van der Waals surface area contributed by atoms with Crippen LogP contribution in [0.25, 0.3) is 23.0 Å². The van der Waals surface area contributed by atoms with Gasteiger partial charge in [-0.05, 0) is 40.8 Å². The molecule has 2 N–H and O–H groups in total. The van der Waals surface area contributed by atoms with Gasteiger partial charge in [-0.25, -0.2) is 4.98 Å². The van der Waals surface area contributed by atoms with Crippen LogP contribution in [0.2, 0.25) is 0 Å². The van der Waals surface area contributed by atoms with Gasteiger partial charge in [-0.1, -0.05) is 5.16 Å². The molecule has 3 rings (SSSR count). The molecule has 1 aromatic carbocycles. The Morgan fingerprint density at radius 2 is 2.17 bits per heavy atom. The number of nitrogens with two attached hydrogens (primary N) is 1. The van der Waals surface area contributed by atoms with E-state index in [0.717, 1.165) is 9.13 Å². The Kier molecular flexibility index (Phi) is 3.00. The second-order valence-electron chi connectivity index (χ2n) is 3.57. The average Bonchev–Trinajstić information content (AvgIpc) is 2.99. The zero-order valence-electron chi connectivity index (χ0n) is 9.00. The Morgan fingerprint density at radius 1 is 1.28 bits per heavy atom. The average molecular weight is 370 g/mol. The Hall–Kier alpha value is -1.48. The molecule has 0 bridgehead atoms. The van der Waals surface area contributed by atoms with Gasteiger partial charge >= 0.3 is 0 Å². The van der Waals surface area contributed by atoms with E-state index < -0.39 is 0 Å². The largest absolute Gasteiger partial charge is 0.399 e. The summed E-state index contributed by atoms with van der Waals surface area (Å²) in [5, 5.41) is 5.78. The van der Waals surface area contributed by atoms with E-state index in [4.69, 9.17) is 10.3 Å². The van der Waals surface area contributed by atoms with E-state index in [9.17, 15) is 0 Å². The molecule has 2 aromatic heterocycles. The summed E-state index contributed by atoms with van der Waals surface area (Å²) in [5.41, 5.74) is 9.72. The van der Waals surface area contributed by atoms with Gasteiger partial charge in [0.25, 0.3) is 5.89 Å². The third-order valence-corrected chi connectivity index (χ3v) is 3.46. The molecule has 18 heavy (non-hydrogen) atoms. The molecule has 0 amide bonds. The SMILES string of the molecule is Nc1cc(I)cc(-c2nc(-c3cscn3)no2)c1. The van der Waals surface area contributed by atoms with E-state index in [1.54, 1.807) is 11.6 Å². The van der Waals surface area contributed by atoms with Crippen LogP contribution in [-0.4, -0.2) is 15.1 Å². The quantitative estimate of drug-likeness (QED) is 0.554. The minimum atomic E-state index is 0.447. The van der Waals surface area contributed by atoms with Crippen LogP contribution in [0.1, 0.15) is 0 Å². The first-order chi connectivity index (χ1) is 8.72. The van der Waals surface area contributed by atoms with Gasteiger partial charge < -0.3 is 10.3 Å². The van der Waals surface area contributed by atoms with Gasteiger partial charge in [0.05, 0.1) is 5.51 Å². The number of thiazole rings is 1. The maximum Gasteiger partial charge on any atom is 0.258 e. The van der Waals surface area contributed by atoms with Gasteiger partial charge in [-0.3, -0.25) is 0 Å². The van der Waals surface area contributed by atoms with Crippen LogP contribution in [-0.2, 0) is 0 Å². The second-order valence-corrected chi connectivity index (χ2v) is 5.53. The van der Waals surface area contributed by atoms with E-state index in [2.05, 4.69) is 37.7 Å². The number of anilines is 1. The van der Waals surface area contributed by atoms with E-state index in [1.165, 1.54) is 11.3 Å². The van der Waals surface area contributed by atoms with E-state index in [1.807, 2.05) is 17.5 Å². The van der Waals surface area contributed by atoms with Crippen LogP contribution in [0.15, 0.2) is 33.6 Å². The lowest BCUT2D eigenvalue weighted by Gasteiger charge is -1.98. The van der Waals surface area contributed by atoms with Crippen LogP contribution in [0.3, 0.4) is 0 Å². The molecule has 0 aliphatic heterocycles. The molecule has 90 valence electrons. The van der Waals surface area contributed by atoms with Gasteiger partial charge in [0.15, 0.2) is 0 Å². The lowest BCUT2D eigenvalue weighted by molar-refractivity contribution is 0.432. The fourth-order valence-electron chi connectivity index (χ4n) is 1.50. The highest BCUT2D eigenvalue weighted by atomic mass is 127. The third kappa shape index (κ3) is 2.23. The maximum atomic E-state index is 5.79. The smallest absolute Gasteiger partial charge is 0.258 e. The van der Waals surface area contributed by atoms with Gasteiger partial charge in [0.1, 0.15) is 5.69 Å². The van der Waals surface area contributed by atoms with Crippen molar-refractivity contribution in [2.45, 2.75) is 0 Å². The van der Waals surface area contributed by atoms with E-state index >= 15 is 0 Å². The maximum absolute atomic E-state index is 5.79. The Bertz CT molecular complexity index is 660. The molecular formula is C11H7IN4OS. The first kappa shape index (κ1) is 11.6. The molecule has 0 aliphatic carbocycles. The van der Waals surface area contributed by atoms with Gasteiger partial charge in [0, 0.05) is 20.2 Å². The minimum absolute atomic E-state index is 0.447. The Morgan fingerprint density at radius 3 is 2.89 bits per heavy atom. The van der Waals surface area contributed by atoms with Crippen molar-refractivity contribution in [2.24, 2.45) is 0 Å². The molecule has 7 heteroatoms. The summed E-state index contributed by atoms with van der Waals surface area (Å²) in [7, 11) is 0. The normalized spacial score (nSPS) is 10.7. The lowest BCUT2D eigenvalue weighted by Crippen LogP contribution is -1.88. The third-order valence-electron chi connectivity index (χ3n) is 2.25. The first-order valence-corrected chi connectivity index (χ1v) is 7.03. The van der Waals surface area contributed by atoms with Crippen molar-refractivity contribution in [1.82, 2.24) is 15.1 Å². The second kappa shape index (κ2) is 4.65. The number of rotatable bonds is 2. The fourth-order valence-corrected chi connectivity index (χ4v) is 2.73. The van der Waals surface area contributed by atoms with Crippen molar-refractivity contribution in [2.75, 3.05) is 5.73 Å². The molecule has 0 atom stereocenters. The molecule has 0 radical (unpaired) electrons. The molecule has 2 heterocycles. The van der Waals surface area contributed by atoms with Gasteiger partial charge in [-0.15, -0.1) is 11.3 Å². The molecule has 3 aromatic rings. The fraction of sp³-hybridized carbons (Fsp3) is 0. The topological polar surface area (TPSA) is 77.8 Å². The Balaban J connectivity index is 2.03. The summed E-state index contributed by atoms with van der Waals surface area (Å²) in [6.45, 7) is 0. The summed E-state index contributed by atoms with van der Waals surface area (Å²) in [5.74, 6) is 0.937. The summed E-state index contributed by atoms with van der Waals surface area (Å²) >= 11 is 3.69. The highest BCUT2D eigenvalue weighted by Crippen LogP contribution is 2.25. The highest BCUT2D eigenvalue weighted by Gasteiger charge is 2.12. The highest BCUT2D eigenvalue weighted by molar-refractivity contribution is 14.1. The van der Waals surface area contributed by atoms with Gasteiger partial charge in [0.2, 0.25) is 5.82 Å². The van der Waals surface area contributed by atoms with Crippen LogP contribution < -0.4 is 5.73 Å². The molecule has 0 fully saturated rings. The predicted octanol–water partition coefficient (Wildman–Crippen LogP) is 3.05. The number of aromatic nitrogens is 3. The summed E-state index contributed by atoms with van der Waals surface area (Å²) in [6, 6.07) is 5.62. The standard InChI is InChI=1S/C11H7IN4OS/c12-7-1-6(2-8(13)3-7)11-15-10(16-17-11)9-4-18-5-14-9/h1-5H,13H2. The Labute approximate surface area is 120 Å². The number of nitrogens with zero attached hydrogens (tertiary/aromatic N) is 3. The molecule has 0 unspecified atom stereocenters. The molecule has 0 saturated carbocycles. The summed E-state index contributed by atoms with van der Waals surface area (Å²) < 4.78 is 6.25. The van der Waals surface area contributed by atoms with Crippen molar-refractivity contribution in [3.8, 4) is 23.0 Å². The summed E-state index contributed by atoms with van der Waals surface area (Å²) in [4.78, 5) is 8.45.